The first-order chi connectivity index (χ1) is 12.8. The molecule has 2 aromatic carbocycles. The average molecular weight is 367 g/mol. The van der Waals surface area contributed by atoms with E-state index in [1.807, 2.05) is 32.0 Å². The zero-order valence-electron chi connectivity index (χ0n) is 16.7. The highest BCUT2D eigenvalue weighted by Crippen LogP contribution is 2.15. The van der Waals surface area contributed by atoms with Crippen LogP contribution in [0.25, 0.3) is 0 Å². The number of hydrogen-bond donors (Lipinski definition) is 2. The quantitative estimate of drug-likeness (QED) is 0.736. The van der Waals surface area contributed by atoms with E-state index in [1.54, 1.807) is 6.07 Å². The molecule has 144 valence electrons. The van der Waals surface area contributed by atoms with E-state index in [-0.39, 0.29) is 24.3 Å². The summed E-state index contributed by atoms with van der Waals surface area (Å²) in [5.74, 6) is 0.404. The minimum atomic E-state index is -0.153. The Labute approximate surface area is 162 Å². The van der Waals surface area contributed by atoms with Crippen molar-refractivity contribution in [3.05, 3.63) is 70.8 Å². The van der Waals surface area contributed by atoms with Crippen LogP contribution < -0.4 is 10.6 Å². The highest BCUT2D eigenvalue weighted by atomic mass is 16.2. The molecule has 0 fully saturated rings. The molecular formula is C23H30N2O2. The van der Waals surface area contributed by atoms with E-state index >= 15 is 0 Å². The van der Waals surface area contributed by atoms with Gasteiger partial charge in [-0.25, -0.2) is 0 Å². The number of carbonyl (C=O) groups is 2. The maximum absolute atomic E-state index is 12.1. The van der Waals surface area contributed by atoms with Crippen LogP contribution in [-0.4, -0.2) is 18.4 Å². The van der Waals surface area contributed by atoms with Crippen molar-refractivity contribution in [3.63, 3.8) is 0 Å². The summed E-state index contributed by atoms with van der Waals surface area (Å²) in [7, 11) is 0. The van der Waals surface area contributed by atoms with Crippen LogP contribution in [0.5, 0.6) is 0 Å². The average Bonchev–Trinajstić information content (AvgIpc) is 2.61. The van der Waals surface area contributed by atoms with Crippen molar-refractivity contribution >= 4 is 11.8 Å². The summed E-state index contributed by atoms with van der Waals surface area (Å²) in [5.41, 5.74) is 4.05. The van der Waals surface area contributed by atoms with E-state index < -0.39 is 0 Å². The molecule has 0 saturated heterocycles. The Balaban J connectivity index is 1.77. The SMILES string of the molecule is Cc1cccc(C(=O)NCCC(=O)NC(C)c2ccc(CC(C)C)cc2)c1. The lowest BCUT2D eigenvalue weighted by Crippen LogP contribution is -2.32. The van der Waals surface area contributed by atoms with Crippen LogP contribution in [0.15, 0.2) is 48.5 Å². The van der Waals surface area contributed by atoms with Gasteiger partial charge >= 0.3 is 0 Å². The summed E-state index contributed by atoms with van der Waals surface area (Å²) in [4.78, 5) is 24.2. The molecule has 2 rings (SSSR count). The van der Waals surface area contributed by atoms with Gasteiger partial charge in [0.2, 0.25) is 5.91 Å². The Hall–Kier alpha value is -2.62. The van der Waals surface area contributed by atoms with Gasteiger partial charge < -0.3 is 10.6 Å². The van der Waals surface area contributed by atoms with E-state index in [1.165, 1.54) is 5.56 Å². The Morgan fingerprint density at radius 3 is 2.33 bits per heavy atom. The molecule has 0 aromatic heterocycles. The molecule has 4 nitrogen and oxygen atoms in total. The van der Waals surface area contributed by atoms with Crippen molar-refractivity contribution in [2.24, 2.45) is 5.92 Å². The molecule has 2 amide bonds. The zero-order valence-corrected chi connectivity index (χ0v) is 16.7. The molecule has 1 unspecified atom stereocenters. The molecule has 0 saturated carbocycles. The van der Waals surface area contributed by atoms with Crippen molar-refractivity contribution in [2.45, 2.75) is 46.6 Å². The first kappa shape index (κ1) is 20.7. The second-order valence-corrected chi connectivity index (χ2v) is 7.50. The van der Waals surface area contributed by atoms with Gasteiger partial charge in [-0.3, -0.25) is 9.59 Å². The Morgan fingerprint density at radius 1 is 1.00 bits per heavy atom. The lowest BCUT2D eigenvalue weighted by atomic mass is 10.00. The van der Waals surface area contributed by atoms with Gasteiger partial charge in [-0.15, -0.1) is 0 Å². The van der Waals surface area contributed by atoms with Crippen LogP contribution in [0.4, 0.5) is 0 Å². The number of aryl methyl sites for hydroxylation is 1. The molecule has 0 aliphatic carbocycles. The maximum Gasteiger partial charge on any atom is 0.251 e. The summed E-state index contributed by atoms with van der Waals surface area (Å²) >= 11 is 0. The van der Waals surface area contributed by atoms with Crippen LogP contribution in [0.2, 0.25) is 0 Å². The fourth-order valence-corrected chi connectivity index (χ4v) is 2.99. The zero-order chi connectivity index (χ0) is 19.8. The van der Waals surface area contributed by atoms with Gasteiger partial charge in [-0.1, -0.05) is 55.8 Å². The van der Waals surface area contributed by atoms with Crippen LogP contribution >= 0.6 is 0 Å². The summed E-state index contributed by atoms with van der Waals surface area (Å²) in [5, 5.41) is 5.78. The highest BCUT2D eigenvalue weighted by Gasteiger charge is 2.11. The smallest absolute Gasteiger partial charge is 0.251 e. The van der Waals surface area contributed by atoms with Crippen molar-refractivity contribution in [1.82, 2.24) is 10.6 Å². The van der Waals surface area contributed by atoms with Crippen molar-refractivity contribution in [2.75, 3.05) is 6.54 Å². The van der Waals surface area contributed by atoms with Gasteiger partial charge in [0.05, 0.1) is 6.04 Å². The lowest BCUT2D eigenvalue weighted by molar-refractivity contribution is -0.121. The molecule has 1 atom stereocenters. The molecule has 4 heteroatoms. The topological polar surface area (TPSA) is 58.2 Å². The Bertz CT molecular complexity index is 766. The van der Waals surface area contributed by atoms with Gasteiger partial charge in [-0.05, 0) is 49.4 Å². The minimum absolute atomic E-state index is 0.0573. The molecule has 2 aromatic rings. The predicted molar refractivity (Wildman–Crippen MR) is 110 cm³/mol. The van der Waals surface area contributed by atoms with Gasteiger partial charge in [0.1, 0.15) is 0 Å². The van der Waals surface area contributed by atoms with Crippen molar-refractivity contribution in [3.8, 4) is 0 Å². The number of hydrogen-bond acceptors (Lipinski definition) is 2. The molecule has 0 heterocycles. The van der Waals surface area contributed by atoms with Crippen molar-refractivity contribution < 1.29 is 9.59 Å². The van der Waals surface area contributed by atoms with Gasteiger partial charge in [-0.2, -0.15) is 0 Å². The van der Waals surface area contributed by atoms with E-state index in [0.29, 0.717) is 18.0 Å². The standard InChI is InChI=1S/C23H30N2O2/c1-16(2)14-19-8-10-20(11-9-19)18(4)25-22(26)12-13-24-23(27)21-7-5-6-17(3)15-21/h5-11,15-16,18H,12-14H2,1-4H3,(H,24,27)(H,25,26). The Kier molecular flexibility index (Phi) is 7.59. The second-order valence-electron chi connectivity index (χ2n) is 7.50. The lowest BCUT2D eigenvalue weighted by Gasteiger charge is -2.15. The molecule has 0 radical (unpaired) electrons. The molecule has 27 heavy (non-hydrogen) atoms. The summed E-state index contributed by atoms with van der Waals surface area (Å²) < 4.78 is 0. The minimum Gasteiger partial charge on any atom is -0.352 e. The van der Waals surface area contributed by atoms with E-state index in [0.717, 1.165) is 17.5 Å². The fraction of sp³-hybridized carbons (Fsp3) is 0.391. The maximum atomic E-state index is 12.1. The fourth-order valence-electron chi connectivity index (χ4n) is 2.99. The number of benzene rings is 2. The van der Waals surface area contributed by atoms with E-state index in [2.05, 4.69) is 48.7 Å². The van der Waals surface area contributed by atoms with Crippen molar-refractivity contribution in [1.29, 1.82) is 0 Å². The van der Waals surface area contributed by atoms with Gasteiger partial charge in [0.25, 0.3) is 5.91 Å². The monoisotopic (exact) mass is 366 g/mol. The van der Waals surface area contributed by atoms with E-state index in [4.69, 9.17) is 0 Å². The van der Waals surface area contributed by atoms with Gasteiger partial charge in [0.15, 0.2) is 0 Å². The third-order valence-electron chi connectivity index (χ3n) is 4.42. The normalized spacial score (nSPS) is 11.9. The molecule has 0 aliphatic rings. The van der Waals surface area contributed by atoms with E-state index in [9.17, 15) is 9.59 Å². The first-order valence-electron chi connectivity index (χ1n) is 9.58. The second kappa shape index (κ2) is 9.91. The number of nitrogens with one attached hydrogen (secondary N) is 2. The first-order valence-corrected chi connectivity index (χ1v) is 9.58. The largest absolute Gasteiger partial charge is 0.352 e. The van der Waals surface area contributed by atoms with Crippen LogP contribution in [0.3, 0.4) is 0 Å². The number of carbonyl (C=O) groups excluding carboxylic acids is 2. The van der Waals surface area contributed by atoms with Crippen LogP contribution in [-0.2, 0) is 11.2 Å². The third-order valence-corrected chi connectivity index (χ3v) is 4.42. The number of rotatable bonds is 8. The van der Waals surface area contributed by atoms with Crippen LogP contribution in [0.1, 0.15) is 60.3 Å². The Morgan fingerprint density at radius 2 is 1.70 bits per heavy atom. The molecule has 0 spiro atoms. The molecular weight excluding hydrogens is 336 g/mol. The molecule has 0 aliphatic heterocycles. The molecule has 2 N–H and O–H groups in total. The highest BCUT2D eigenvalue weighted by molar-refractivity contribution is 5.94. The van der Waals surface area contributed by atoms with Gasteiger partial charge in [0, 0.05) is 18.5 Å². The summed E-state index contributed by atoms with van der Waals surface area (Å²) in [6.45, 7) is 8.64. The third kappa shape index (κ3) is 6.89. The summed E-state index contributed by atoms with van der Waals surface area (Å²) in [6, 6.07) is 15.7. The van der Waals surface area contributed by atoms with Crippen LogP contribution in [0, 0.1) is 12.8 Å². The molecule has 0 bridgehead atoms. The number of amides is 2. The predicted octanol–water partition coefficient (Wildman–Crippen LogP) is 4.19. The summed E-state index contributed by atoms with van der Waals surface area (Å²) in [6.07, 6.45) is 1.31.